The first kappa shape index (κ1) is 21.4. The lowest BCUT2D eigenvalue weighted by molar-refractivity contribution is -0.129. The van der Waals surface area contributed by atoms with E-state index in [9.17, 15) is 4.79 Å². The van der Waals surface area contributed by atoms with Gasteiger partial charge in [-0.15, -0.1) is 0 Å². The Morgan fingerprint density at radius 3 is 2.37 bits per heavy atom. The largest absolute Gasteiger partial charge is 0.494 e. The number of aliphatic imine (C=N–C) groups is 1. The standard InChI is InChI=1S/C24H27NO5/c1-4-7-14-29-19-11-8-17(9-12-19)23-25-21(24(26)30-23)15-18-10-13-20(27-5-2)16-22(18)28-6-3/h8-13,15-16H,4-7,14H2,1-3H3/b21-15-. The van der Waals surface area contributed by atoms with Gasteiger partial charge in [0.05, 0.1) is 19.8 Å². The number of nitrogens with zero attached hydrogens (tertiary/aromatic N) is 1. The Hall–Kier alpha value is -3.28. The summed E-state index contributed by atoms with van der Waals surface area (Å²) in [5, 5.41) is 0. The average Bonchev–Trinajstić information content (AvgIpc) is 3.11. The molecule has 6 nitrogen and oxygen atoms in total. The maximum atomic E-state index is 12.3. The summed E-state index contributed by atoms with van der Waals surface area (Å²) in [5.41, 5.74) is 1.67. The van der Waals surface area contributed by atoms with Crippen LogP contribution >= 0.6 is 0 Å². The molecule has 0 amide bonds. The van der Waals surface area contributed by atoms with E-state index in [1.807, 2.05) is 56.3 Å². The molecule has 0 N–H and O–H groups in total. The summed E-state index contributed by atoms with van der Waals surface area (Å²) in [6.07, 6.45) is 3.76. The van der Waals surface area contributed by atoms with Crippen molar-refractivity contribution in [1.82, 2.24) is 0 Å². The topological polar surface area (TPSA) is 66.3 Å². The van der Waals surface area contributed by atoms with Gasteiger partial charge in [-0.05, 0) is 62.7 Å². The van der Waals surface area contributed by atoms with E-state index >= 15 is 0 Å². The number of ether oxygens (including phenoxy) is 4. The highest BCUT2D eigenvalue weighted by atomic mass is 16.6. The van der Waals surface area contributed by atoms with Crippen molar-refractivity contribution in [3.05, 3.63) is 59.3 Å². The van der Waals surface area contributed by atoms with Gasteiger partial charge in [-0.1, -0.05) is 13.3 Å². The molecule has 0 saturated heterocycles. The SMILES string of the molecule is CCCCOc1ccc(C2=N/C(=C\c3ccc(OCC)cc3OCC)C(=O)O2)cc1. The Morgan fingerprint density at radius 2 is 1.67 bits per heavy atom. The fraction of sp³-hybridized carbons (Fsp3) is 0.333. The predicted molar refractivity (Wildman–Crippen MR) is 116 cm³/mol. The van der Waals surface area contributed by atoms with E-state index in [0.717, 1.165) is 24.2 Å². The van der Waals surface area contributed by atoms with Crippen molar-refractivity contribution in [3.63, 3.8) is 0 Å². The normalized spacial score (nSPS) is 14.4. The predicted octanol–water partition coefficient (Wildman–Crippen LogP) is 5.01. The molecule has 1 aliphatic heterocycles. The van der Waals surface area contributed by atoms with Crippen LogP contribution in [0.4, 0.5) is 0 Å². The van der Waals surface area contributed by atoms with Crippen LogP contribution in [0.3, 0.4) is 0 Å². The molecule has 1 aliphatic rings. The molecule has 2 aromatic carbocycles. The molecule has 0 atom stereocenters. The zero-order chi connectivity index (χ0) is 21.3. The number of hydrogen-bond acceptors (Lipinski definition) is 6. The molecule has 0 unspecified atom stereocenters. The van der Waals surface area contributed by atoms with Crippen molar-refractivity contribution in [2.24, 2.45) is 4.99 Å². The van der Waals surface area contributed by atoms with E-state index in [2.05, 4.69) is 11.9 Å². The Morgan fingerprint density at radius 1 is 0.933 bits per heavy atom. The van der Waals surface area contributed by atoms with Gasteiger partial charge in [0.25, 0.3) is 0 Å². The summed E-state index contributed by atoms with van der Waals surface area (Å²) in [6, 6.07) is 12.8. The van der Waals surface area contributed by atoms with E-state index in [4.69, 9.17) is 18.9 Å². The van der Waals surface area contributed by atoms with Gasteiger partial charge in [-0.3, -0.25) is 0 Å². The third-order valence-electron chi connectivity index (χ3n) is 4.38. The minimum atomic E-state index is -0.496. The lowest BCUT2D eigenvalue weighted by Gasteiger charge is -2.10. The van der Waals surface area contributed by atoms with E-state index in [1.54, 1.807) is 6.08 Å². The van der Waals surface area contributed by atoms with Gasteiger partial charge in [0.2, 0.25) is 5.90 Å². The summed E-state index contributed by atoms with van der Waals surface area (Å²) in [6.45, 7) is 7.69. The second-order valence-corrected chi connectivity index (χ2v) is 6.63. The quantitative estimate of drug-likeness (QED) is 0.314. The molecule has 6 heteroatoms. The Labute approximate surface area is 177 Å². The van der Waals surface area contributed by atoms with E-state index in [0.29, 0.717) is 36.9 Å². The van der Waals surface area contributed by atoms with Crippen LogP contribution in [0.2, 0.25) is 0 Å². The lowest BCUT2D eigenvalue weighted by atomic mass is 10.1. The minimum absolute atomic E-state index is 0.221. The van der Waals surface area contributed by atoms with Gasteiger partial charge in [-0.2, -0.15) is 0 Å². The van der Waals surface area contributed by atoms with Crippen molar-refractivity contribution in [1.29, 1.82) is 0 Å². The van der Waals surface area contributed by atoms with Crippen molar-refractivity contribution in [3.8, 4) is 17.2 Å². The molecule has 1 heterocycles. The number of rotatable bonds is 10. The van der Waals surface area contributed by atoms with Gasteiger partial charge >= 0.3 is 5.97 Å². The first-order valence-corrected chi connectivity index (χ1v) is 10.3. The van der Waals surface area contributed by atoms with E-state index in [-0.39, 0.29) is 11.6 Å². The first-order chi connectivity index (χ1) is 14.6. The van der Waals surface area contributed by atoms with Crippen molar-refractivity contribution < 1.29 is 23.7 Å². The fourth-order valence-electron chi connectivity index (χ4n) is 2.88. The third-order valence-corrected chi connectivity index (χ3v) is 4.38. The number of benzene rings is 2. The number of cyclic esters (lactones) is 1. The molecule has 0 aromatic heterocycles. The van der Waals surface area contributed by atoms with E-state index < -0.39 is 5.97 Å². The van der Waals surface area contributed by atoms with Gasteiger partial charge in [0.1, 0.15) is 17.2 Å². The fourth-order valence-corrected chi connectivity index (χ4v) is 2.88. The molecule has 0 spiro atoms. The van der Waals surface area contributed by atoms with Crippen LogP contribution in [-0.2, 0) is 9.53 Å². The third kappa shape index (κ3) is 5.41. The summed E-state index contributed by atoms with van der Waals surface area (Å²) >= 11 is 0. The van der Waals surface area contributed by atoms with Crippen LogP contribution in [0.25, 0.3) is 6.08 Å². The zero-order valence-electron chi connectivity index (χ0n) is 17.6. The second kappa shape index (κ2) is 10.5. The van der Waals surface area contributed by atoms with Gasteiger partial charge in [-0.25, -0.2) is 9.79 Å². The highest BCUT2D eigenvalue weighted by molar-refractivity contribution is 6.13. The Balaban J connectivity index is 1.80. The minimum Gasteiger partial charge on any atom is -0.494 e. The lowest BCUT2D eigenvalue weighted by Crippen LogP contribution is -2.05. The molecule has 3 rings (SSSR count). The molecular weight excluding hydrogens is 382 g/mol. The molecule has 0 aliphatic carbocycles. The number of hydrogen-bond donors (Lipinski definition) is 0. The number of unbranched alkanes of at least 4 members (excludes halogenated alkanes) is 1. The average molecular weight is 409 g/mol. The molecule has 2 aromatic rings. The van der Waals surface area contributed by atoms with Gasteiger partial charge in [0.15, 0.2) is 5.70 Å². The molecule has 158 valence electrons. The molecule has 0 saturated carbocycles. The number of carbonyl (C=O) groups excluding carboxylic acids is 1. The van der Waals surface area contributed by atoms with Crippen LogP contribution in [0.5, 0.6) is 17.2 Å². The molecule has 0 bridgehead atoms. The van der Waals surface area contributed by atoms with Gasteiger partial charge in [0, 0.05) is 17.2 Å². The Kier molecular flexibility index (Phi) is 7.49. The maximum absolute atomic E-state index is 12.3. The van der Waals surface area contributed by atoms with Crippen molar-refractivity contribution >= 4 is 17.9 Å². The van der Waals surface area contributed by atoms with E-state index in [1.165, 1.54) is 0 Å². The number of esters is 1. The summed E-state index contributed by atoms with van der Waals surface area (Å²) in [4.78, 5) is 16.7. The van der Waals surface area contributed by atoms with Crippen molar-refractivity contribution in [2.75, 3.05) is 19.8 Å². The second-order valence-electron chi connectivity index (χ2n) is 6.63. The first-order valence-electron chi connectivity index (χ1n) is 10.3. The molecular formula is C24H27NO5. The van der Waals surface area contributed by atoms with Crippen LogP contribution in [0.1, 0.15) is 44.7 Å². The maximum Gasteiger partial charge on any atom is 0.363 e. The number of carbonyl (C=O) groups is 1. The summed E-state index contributed by atoms with van der Waals surface area (Å²) in [5.74, 6) is 1.90. The summed E-state index contributed by atoms with van der Waals surface area (Å²) in [7, 11) is 0. The summed E-state index contributed by atoms with van der Waals surface area (Å²) < 4.78 is 22.3. The van der Waals surface area contributed by atoms with Gasteiger partial charge < -0.3 is 18.9 Å². The highest BCUT2D eigenvalue weighted by Crippen LogP contribution is 2.29. The molecule has 30 heavy (non-hydrogen) atoms. The molecule has 0 radical (unpaired) electrons. The van der Waals surface area contributed by atoms with Crippen molar-refractivity contribution in [2.45, 2.75) is 33.6 Å². The highest BCUT2D eigenvalue weighted by Gasteiger charge is 2.24. The monoisotopic (exact) mass is 409 g/mol. The van der Waals surface area contributed by atoms with Crippen LogP contribution in [0, 0.1) is 0 Å². The van der Waals surface area contributed by atoms with Crippen LogP contribution in [-0.4, -0.2) is 31.7 Å². The molecule has 0 fully saturated rings. The zero-order valence-corrected chi connectivity index (χ0v) is 17.6. The van der Waals surface area contributed by atoms with Crippen LogP contribution < -0.4 is 14.2 Å². The smallest absolute Gasteiger partial charge is 0.363 e. The van der Waals surface area contributed by atoms with Crippen LogP contribution in [0.15, 0.2) is 53.2 Å². The Bertz CT molecular complexity index is 931.